The summed E-state index contributed by atoms with van der Waals surface area (Å²) in [5.74, 6) is 0.276. The summed E-state index contributed by atoms with van der Waals surface area (Å²) in [6.45, 7) is 6.84. The third-order valence-corrected chi connectivity index (χ3v) is 7.12. The van der Waals surface area contributed by atoms with Gasteiger partial charge in [-0.15, -0.1) is 0 Å². The number of quaternary nitrogens is 1. The zero-order valence-corrected chi connectivity index (χ0v) is 26.5. The largest absolute Gasteiger partial charge is 0.636 e. The second-order valence-corrected chi connectivity index (χ2v) is 11.1. The highest BCUT2D eigenvalue weighted by Gasteiger charge is 2.01. The summed E-state index contributed by atoms with van der Waals surface area (Å²) >= 11 is 0. The van der Waals surface area contributed by atoms with Crippen LogP contribution in [0.4, 0.5) is 0 Å². The molecule has 0 spiro atoms. The number of hydrogen-bond donors (Lipinski definition) is 5. The molecule has 6 N–H and O–H groups in total. The number of unbranched alkanes of at least 4 members (excludes halogenated alkanes) is 18. The van der Waals surface area contributed by atoms with E-state index in [0.717, 1.165) is 37.6 Å². The molecule has 0 aliphatic heterocycles. The fourth-order valence-corrected chi connectivity index (χ4v) is 4.53. The molecule has 0 atom stereocenters. The number of carbonyl (C=O) groups excluding carboxylic acids is 2. The van der Waals surface area contributed by atoms with E-state index in [9.17, 15) is 14.8 Å². The predicted octanol–water partition coefficient (Wildman–Crippen LogP) is 6.65. The van der Waals surface area contributed by atoms with Crippen molar-refractivity contribution in [2.45, 2.75) is 168 Å². The topological polar surface area (TPSA) is 130 Å². The number of hydrogen-bond acceptors (Lipinski definition) is 5. The standard InChI is InChI=1S/C17H36N2O2.C15H32N2O2/c1-2-3-4-5-6-7-8-9-10-11-12-14-17(20)18-15-13-16-19-21;1-2-3-4-5-6-7-8-9-10-12-15(18)16-13-11-14-17-19/h19,21H,2-16H2,1H3,(H,18,20);2-14,17H2,1H3,(H,16,18). The van der Waals surface area contributed by atoms with Crippen molar-refractivity contribution in [1.82, 2.24) is 16.1 Å². The normalized spacial score (nSPS) is 10.7. The third kappa shape index (κ3) is 38.9. The Kier molecular flexibility index (Phi) is 38.6. The maximum Gasteiger partial charge on any atom is 0.219 e. The van der Waals surface area contributed by atoms with Gasteiger partial charge >= 0.3 is 0 Å². The molecule has 0 heterocycles. The molecule has 40 heavy (non-hydrogen) atoms. The summed E-state index contributed by atoms with van der Waals surface area (Å²) in [6, 6.07) is 0. The predicted molar refractivity (Wildman–Crippen MR) is 168 cm³/mol. The zero-order chi connectivity index (χ0) is 29.8. The molecule has 0 aromatic heterocycles. The number of rotatable bonds is 30. The minimum Gasteiger partial charge on any atom is -0.636 e. The van der Waals surface area contributed by atoms with Crippen LogP contribution in [0.25, 0.3) is 0 Å². The first-order valence-corrected chi connectivity index (χ1v) is 17.0. The Morgan fingerprint density at radius 3 is 1.23 bits per heavy atom. The van der Waals surface area contributed by atoms with Crippen LogP contribution >= 0.6 is 0 Å². The molecule has 0 aliphatic rings. The van der Waals surface area contributed by atoms with Gasteiger partial charge in [-0.3, -0.25) is 9.59 Å². The summed E-state index contributed by atoms with van der Waals surface area (Å²) in [4.78, 5) is 22.9. The SMILES string of the molecule is CCCCCCCCCCCC(=O)NCCC[NH2+][O-].CCCCCCCCCCCCCC(=O)NCCCNO. The van der Waals surface area contributed by atoms with E-state index >= 15 is 0 Å². The quantitative estimate of drug-likeness (QED) is 0.0486. The minimum absolute atomic E-state index is 0.133. The number of nitrogens with one attached hydrogen (secondary N) is 3. The first-order chi connectivity index (χ1) is 19.6. The van der Waals surface area contributed by atoms with Crippen LogP contribution in [0.1, 0.15) is 168 Å². The molecule has 240 valence electrons. The lowest BCUT2D eigenvalue weighted by Gasteiger charge is -2.05. The number of nitrogens with two attached hydrogens (primary N) is 1. The Morgan fingerprint density at radius 1 is 0.525 bits per heavy atom. The number of hydroxylamine groups is 2. The molecule has 0 fully saturated rings. The van der Waals surface area contributed by atoms with Crippen LogP contribution in [-0.2, 0) is 9.59 Å². The monoisotopic (exact) mass is 573 g/mol. The summed E-state index contributed by atoms with van der Waals surface area (Å²) in [7, 11) is 0. The van der Waals surface area contributed by atoms with Crippen LogP contribution in [0, 0.1) is 5.21 Å². The average molecular weight is 573 g/mol. The molecule has 0 saturated heterocycles. The van der Waals surface area contributed by atoms with E-state index in [4.69, 9.17) is 5.21 Å². The summed E-state index contributed by atoms with van der Waals surface area (Å²) in [6.07, 6.45) is 28.7. The van der Waals surface area contributed by atoms with Gasteiger partial charge < -0.3 is 26.5 Å². The molecule has 0 aromatic rings. The van der Waals surface area contributed by atoms with Crippen molar-refractivity contribution in [1.29, 1.82) is 0 Å². The molecule has 8 heteroatoms. The van der Waals surface area contributed by atoms with Crippen LogP contribution in [0.2, 0.25) is 0 Å². The maximum absolute atomic E-state index is 11.5. The number of amides is 2. The van der Waals surface area contributed by atoms with E-state index in [0.29, 0.717) is 39.0 Å². The molecule has 8 nitrogen and oxygen atoms in total. The van der Waals surface area contributed by atoms with Gasteiger partial charge in [0, 0.05) is 38.9 Å². The molecule has 0 unspecified atom stereocenters. The Bertz CT molecular complexity index is 509. The number of carbonyl (C=O) groups is 2. The van der Waals surface area contributed by atoms with Crippen molar-refractivity contribution in [3.05, 3.63) is 5.21 Å². The second kappa shape index (κ2) is 37.8. The summed E-state index contributed by atoms with van der Waals surface area (Å²) in [5.41, 5.74) is 2.98. The van der Waals surface area contributed by atoms with Crippen molar-refractivity contribution < 1.29 is 20.3 Å². The molecule has 0 saturated carbocycles. The highest BCUT2D eigenvalue weighted by atomic mass is 16.5. The van der Waals surface area contributed by atoms with E-state index in [2.05, 4.69) is 30.0 Å². The van der Waals surface area contributed by atoms with E-state index < -0.39 is 0 Å². The molecule has 0 rings (SSSR count). The Hall–Kier alpha value is -1.22. The fraction of sp³-hybridized carbons (Fsp3) is 0.938. The highest BCUT2D eigenvalue weighted by Crippen LogP contribution is 2.12. The van der Waals surface area contributed by atoms with Gasteiger partial charge in [-0.2, -0.15) is 0 Å². The second-order valence-electron chi connectivity index (χ2n) is 11.1. The van der Waals surface area contributed by atoms with E-state index in [1.54, 1.807) is 0 Å². The lowest BCUT2D eigenvalue weighted by atomic mass is 10.1. The van der Waals surface area contributed by atoms with Gasteiger partial charge in [-0.1, -0.05) is 129 Å². The zero-order valence-electron chi connectivity index (χ0n) is 26.5. The van der Waals surface area contributed by atoms with Crippen LogP contribution in [-0.4, -0.2) is 43.2 Å². The van der Waals surface area contributed by atoms with Crippen molar-refractivity contribution in [3.8, 4) is 0 Å². The van der Waals surface area contributed by atoms with Gasteiger partial charge in [0.05, 0.1) is 6.54 Å². The van der Waals surface area contributed by atoms with Gasteiger partial charge in [-0.25, -0.2) is 5.48 Å². The Labute approximate surface area is 247 Å². The summed E-state index contributed by atoms with van der Waals surface area (Å²) in [5, 5.41) is 24.2. The van der Waals surface area contributed by atoms with Crippen LogP contribution in [0.3, 0.4) is 0 Å². The van der Waals surface area contributed by atoms with Crippen molar-refractivity contribution in [2.75, 3.05) is 26.2 Å². The van der Waals surface area contributed by atoms with E-state index in [-0.39, 0.29) is 11.8 Å². The van der Waals surface area contributed by atoms with Crippen molar-refractivity contribution in [3.63, 3.8) is 0 Å². The molecule has 2 amide bonds. The van der Waals surface area contributed by atoms with Crippen LogP contribution in [0.5, 0.6) is 0 Å². The minimum atomic E-state index is 0.133. The van der Waals surface area contributed by atoms with E-state index in [1.165, 1.54) is 109 Å². The van der Waals surface area contributed by atoms with Gasteiger partial charge in [0.15, 0.2) is 0 Å². The Balaban J connectivity index is 0. The van der Waals surface area contributed by atoms with Gasteiger partial charge in [0.2, 0.25) is 11.8 Å². The Morgan fingerprint density at radius 2 is 0.875 bits per heavy atom. The van der Waals surface area contributed by atoms with Crippen LogP contribution in [0.15, 0.2) is 0 Å². The van der Waals surface area contributed by atoms with Crippen LogP contribution < -0.4 is 21.6 Å². The maximum atomic E-state index is 11.5. The van der Waals surface area contributed by atoms with Gasteiger partial charge in [0.1, 0.15) is 0 Å². The first-order valence-electron chi connectivity index (χ1n) is 17.0. The third-order valence-electron chi connectivity index (χ3n) is 7.12. The smallest absolute Gasteiger partial charge is 0.219 e. The fourth-order valence-electron chi connectivity index (χ4n) is 4.53. The van der Waals surface area contributed by atoms with Gasteiger partial charge in [0.25, 0.3) is 0 Å². The lowest BCUT2D eigenvalue weighted by molar-refractivity contribution is -0.588. The molecular formula is C32H68N4O4. The molecular weight excluding hydrogens is 504 g/mol. The van der Waals surface area contributed by atoms with Gasteiger partial charge in [-0.05, 0) is 19.3 Å². The highest BCUT2D eigenvalue weighted by molar-refractivity contribution is 5.76. The van der Waals surface area contributed by atoms with E-state index in [1.807, 2.05) is 0 Å². The summed E-state index contributed by atoms with van der Waals surface area (Å²) < 4.78 is 0. The molecule has 0 aliphatic carbocycles. The molecule has 0 bridgehead atoms. The molecule has 0 aromatic carbocycles. The van der Waals surface area contributed by atoms with Crippen molar-refractivity contribution >= 4 is 11.8 Å². The van der Waals surface area contributed by atoms with Crippen molar-refractivity contribution in [2.24, 2.45) is 0 Å². The first kappa shape index (κ1) is 40.9. The lowest BCUT2D eigenvalue weighted by Crippen LogP contribution is -2.77. The average Bonchev–Trinajstić information content (AvgIpc) is 2.96. The molecule has 0 radical (unpaired) electrons.